The van der Waals surface area contributed by atoms with Crippen molar-refractivity contribution in [2.75, 3.05) is 6.61 Å². The van der Waals surface area contributed by atoms with Crippen LogP contribution in [0.25, 0.3) is 0 Å². The number of aromatic nitrogens is 3. The quantitative estimate of drug-likeness (QED) is 0.821. The zero-order valence-corrected chi connectivity index (χ0v) is 11.8. The lowest BCUT2D eigenvalue weighted by molar-refractivity contribution is -0.144. The second-order valence-corrected chi connectivity index (χ2v) is 4.49. The van der Waals surface area contributed by atoms with Crippen molar-refractivity contribution in [1.82, 2.24) is 15.2 Å². The van der Waals surface area contributed by atoms with E-state index in [1.54, 1.807) is 6.92 Å². The number of nitrogens with zero attached hydrogens (tertiary/aromatic N) is 2. The lowest BCUT2D eigenvalue weighted by Gasteiger charge is -2.12. The molecule has 1 aromatic carbocycles. The van der Waals surface area contributed by atoms with Gasteiger partial charge in [-0.3, -0.25) is 9.89 Å². The molecule has 1 heterocycles. The smallest absolute Gasteiger partial charge is 0.321 e. The monoisotopic (exact) mass is 273 g/mol. The van der Waals surface area contributed by atoms with Crippen LogP contribution >= 0.6 is 0 Å². The fraction of sp³-hybridized carbons (Fsp3) is 0.400. The Labute approximate surface area is 118 Å². The molecule has 1 unspecified atom stereocenters. The highest BCUT2D eigenvalue weighted by molar-refractivity contribution is 5.81. The molecule has 0 amide bonds. The van der Waals surface area contributed by atoms with Gasteiger partial charge in [0.05, 0.1) is 6.61 Å². The van der Waals surface area contributed by atoms with Crippen LogP contribution in [0.1, 0.15) is 43.4 Å². The first kappa shape index (κ1) is 14.2. The van der Waals surface area contributed by atoms with Crippen LogP contribution in [0.3, 0.4) is 0 Å². The van der Waals surface area contributed by atoms with Gasteiger partial charge in [0.2, 0.25) is 0 Å². The van der Waals surface area contributed by atoms with Gasteiger partial charge in [0.25, 0.3) is 0 Å². The zero-order valence-electron chi connectivity index (χ0n) is 11.8. The first-order valence-electron chi connectivity index (χ1n) is 6.89. The van der Waals surface area contributed by atoms with Crippen molar-refractivity contribution >= 4 is 5.97 Å². The van der Waals surface area contributed by atoms with Crippen LogP contribution in [-0.4, -0.2) is 27.8 Å². The number of aromatic amines is 1. The van der Waals surface area contributed by atoms with E-state index in [2.05, 4.69) is 22.1 Å². The Kier molecular flexibility index (Phi) is 4.87. The first-order valence-corrected chi connectivity index (χ1v) is 6.89. The average Bonchev–Trinajstić information content (AvgIpc) is 2.89. The largest absolute Gasteiger partial charge is 0.465 e. The number of carbonyl (C=O) groups excluding carboxylic acids is 1. The van der Waals surface area contributed by atoms with Gasteiger partial charge in [0.15, 0.2) is 5.82 Å². The van der Waals surface area contributed by atoms with Gasteiger partial charge in [-0.2, -0.15) is 5.10 Å². The van der Waals surface area contributed by atoms with Gasteiger partial charge < -0.3 is 4.74 Å². The molecule has 1 atom stereocenters. The maximum atomic E-state index is 12.2. The van der Waals surface area contributed by atoms with E-state index in [0.29, 0.717) is 12.4 Å². The molecule has 0 saturated carbocycles. The Morgan fingerprint density at radius 3 is 2.70 bits per heavy atom. The summed E-state index contributed by atoms with van der Waals surface area (Å²) in [6.07, 6.45) is 1.79. The van der Waals surface area contributed by atoms with Crippen LogP contribution in [0.5, 0.6) is 0 Å². The molecule has 106 valence electrons. The van der Waals surface area contributed by atoms with Crippen molar-refractivity contribution in [2.45, 2.75) is 32.6 Å². The minimum Gasteiger partial charge on any atom is -0.465 e. The minimum atomic E-state index is -0.571. The molecule has 0 spiro atoms. The molecule has 0 aliphatic rings. The second-order valence-electron chi connectivity index (χ2n) is 4.49. The third-order valence-corrected chi connectivity index (χ3v) is 2.95. The number of esters is 1. The predicted octanol–water partition coefficient (Wildman–Crippen LogP) is 2.45. The molecule has 0 saturated heterocycles. The summed E-state index contributed by atoms with van der Waals surface area (Å²) in [5, 5.41) is 7.06. The van der Waals surface area contributed by atoms with Gasteiger partial charge in [-0.1, -0.05) is 37.3 Å². The highest BCUT2D eigenvalue weighted by atomic mass is 16.5. The predicted molar refractivity (Wildman–Crippen MR) is 75.3 cm³/mol. The number of rotatable bonds is 6. The van der Waals surface area contributed by atoms with Crippen LogP contribution in [0.4, 0.5) is 0 Å². The van der Waals surface area contributed by atoms with Crippen molar-refractivity contribution < 1.29 is 9.53 Å². The summed E-state index contributed by atoms with van der Waals surface area (Å²) in [5.41, 5.74) is 0.841. The highest BCUT2D eigenvalue weighted by Crippen LogP contribution is 2.23. The third-order valence-electron chi connectivity index (χ3n) is 2.95. The molecule has 1 N–H and O–H groups in total. The molecular weight excluding hydrogens is 254 g/mol. The molecule has 2 rings (SSSR count). The molecule has 0 bridgehead atoms. The molecule has 0 fully saturated rings. The minimum absolute atomic E-state index is 0.319. The van der Waals surface area contributed by atoms with Crippen LogP contribution in [0, 0.1) is 0 Å². The van der Waals surface area contributed by atoms with Crippen molar-refractivity contribution in [3.8, 4) is 0 Å². The van der Waals surface area contributed by atoms with E-state index in [-0.39, 0.29) is 5.97 Å². The van der Waals surface area contributed by atoms with Gasteiger partial charge >= 0.3 is 5.97 Å². The van der Waals surface area contributed by atoms with E-state index in [4.69, 9.17) is 4.74 Å². The Morgan fingerprint density at radius 2 is 2.05 bits per heavy atom. The van der Waals surface area contributed by atoms with Crippen molar-refractivity contribution in [2.24, 2.45) is 0 Å². The number of H-pyrrole nitrogens is 1. The standard InChI is InChI=1S/C15H19N3O2/c1-3-8-12-16-14(18-17-12)13(15(19)20-4-2)11-9-6-5-7-10-11/h5-7,9-10,13H,3-4,8H2,1-2H3,(H,16,17,18). The van der Waals surface area contributed by atoms with Crippen molar-refractivity contribution in [3.05, 3.63) is 47.5 Å². The molecule has 20 heavy (non-hydrogen) atoms. The maximum Gasteiger partial charge on any atom is 0.321 e. The summed E-state index contributed by atoms with van der Waals surface area (Å²) in [6.45, 7) is 4.21. The Morgan fingerprint density at radius 1 is 1.30 bits per heavy atom. The lowest BCUT2D eigenvalue weighted by atomic mass is 9.98. The highest BCUT2D eigenvalue weighted by Gasteiger charge is 2.28. The molecule has 0 aliphatic carbocycles. The van der Waals surface area contributed by atoms with E-state index < -0.39 is 5.92 Å². The van der Waals surface area contributed by atoms with E-state index >= 15 is 0 Å². The van der Waals surface area contributed by atoms with E-state index in [9.17, 15) is 4.79 Å². The number of hydrogen-bond acceptors (Lipinski definition) is 4. The van der Waals surface area contributed by atoms with Crippen LogP contribution in [0.15, 0.2) is 30.3 Å². The second kappa shape index (κ2) is 6.84. The molecule has 0 aliphatic heterocycles. The van der Waals surface area contributed by atoms with Gasteiger partial charge in [-0.05, 0) is 18.9 Å². The lowest BCUT2D eigenvalue weighted by Crippen LogP contribution is -2.18. The van der Waals surface area contributed by atoms with Gasteiger partial charge in [-0.25, -0.2) is 4.98 Å². The van der Waals surface area contributed by atoms with Crippen molar-refractivity contribution in [3.63, 3.8) is 0 Å². The zero-order chi connectivity index (χ0) is 14.4. The number of hydrogen-bond donors (Lipinski definition) is 1. The average molecular weight is 273 g/mol. The molecule has 2 aromatic rings. The Balaban J connectivity index is 2.32. The summed E-state index contributed by atoms with van der Waals surface area (Å²) in [5.74, 6) is 0.379. The van der Waals surface area contributed by atoms with Crippen molar-refractivity contribution in [1.29, 1.82) is 0 Å². The number of benzene rings is 1. The summed E-state index contributed by atoms with van der Waals surface area (Å²) in [6, 6.07) is 9.46. The molecule has 5 nitrogen and oxygen atoms in total. The van der Waals surface area contributed by atoms with Gasteiger partial charge in [0.1, 0.15) is 11.7 Å². The van der Waals surface area contributed by atoms with E-state index in [1.165, 1.54) is 0 Å². The maximum absolute atomic E-state index is 12.2. The van der Waals surface area contributed by atoms with Gasteiger partial charge in [-0.15, -0.1) is 0 Å². The van der Waals surface area contributed by atoms with E-state index in [0.717, 1.165) is 24.2 Å². The van der Waals surface area contributed by atoms with Crippen LogP contribution < -0.4 is 0 Å². The molecular formula is C15H19N3O2. The summed E-state index contributed by atoms with van der Waals surface area (Å²) < 4.78 is 5.15. The Bertz CT molecular complexity index is 551. The first-order chi connectivity index (χ1) is 9.76. The summed E-state index contributed by atoms with van der Waals surface area (Å²) >= 11 is 0. The number of nitrogens with one attached hydrogen (secondary N) is 1. The fourth-order valence-electron chi connectivity index (χ4n) is 2.05. The number of aryl methyl sites for hydroxylation is 1. The third kappa shape index (κ3) is 3.23. The molecule has 1 aromatic heterocycles. The topological polar surface area (TPSA) is 67.9 Å². The molecule has 0 radical (unpaired) electrons. The van der Waals surface area contributed by atoms with Crippen LogP contribution in [-0.2, 0) is 16.0 Å². The fourth-order valence-corrected chi connectivity index (χ4v) is 2.05. The summed E-state index contributed by atoms with van der Waals surface area (Å²) in [4.78, 5) is 16.6. The SMILES string of the molecule is CCCc1nc(C(C(=O)OCC)c2ccccc2)n[nH]1. The Hall–Kier alpha value is -2.17. The number of ether oxygens (including phenoxy) is 1. The number of carbonyl (C=O) groups is 1. The van der Waals surface area contributed by atoms with E-state index in [1.807, 2.05) is 30.3 Å². The van der Waals surface area contributed by atoms with Crippen LogP contribution in [0.2, 0.25) is 0 Å². The normalized spacial score (nSPS) is 12.1. The molecule has 5 heteroatoms. The summed E-state index contributed by atoms with van der Waals surface area (Å²) in [7, 11) is 0. The van der Waals surface area contributed by atoms with Gasteiger partial charge in [0, 0.05) is 6.42 Å².